The molecule has 1 unspecified atom stereocenters. The maximum Gasteiger partial charge on any atom is 0.323 e. The predicted octanol–water partition coefficient (Wildman–Crippen LogP) is -1.53. The Kier molecular flexibility index (Phi) is 4.69. The fourth-order valence-corrected chi connectivity index (χ4v) is 1.42. The molecule has 2 N–H and O–H groups in total. The summed E-state index contributed by atoms with van der Waals surface area (Å²) in [5.74, 6) is -1.91. The molecule has 0 aliphatic heterocycles. The summed E-state index contributed by atoms with van der Waals surface area (Å²) in [6, 6.07) is 0. The van der Waals surface area contributed by atoms with Crippen LogP contribution < -0.4 is 4.72 Å². The van der Waals surface area contributed by atoms with Crippen LogP contribution in [0, 0.1) is 0 Å². The largest absolute Gasteiger partial charge is 0.480 e. The van der Waals surface area contributed by atoms with E-state index in [1.54, 1.807) is 0 Å². The molecule has 1 atom stereocenters. The van der Waals surface area contributed by atoms with Gasteiger partial charge in [0, 0.05) is 14.1 Å². The van der Waals surface area contributed by atoms with Gasteiger partial charge in [-0.2, -0.15) is 0 Å². The van der Waals surface area contributed by atoms with Gasteiger partial charge in [-0.1, -0.05) is 0 Å². The minimum absolute atomic E-state index is 0.438. The molecule has 0 aliphatic carbocycles. The molecule has 0 saturated carbocycles. The van der Waals surface area contributed by atoms with E-state index in [4.69, 9.17) is 5.11 Å². The summed E-state index contributed by atoms with van der Waals surface area (Å²) in [4.78, 5) is 22.6. The van der Waals surface area contributed by atoms with Gasteiger partial charge in [-0.25, -0.2) is 13.1 Å². The number of hydrogen-bond acceptors (Lipinski definition) is 4. The number of nitrogens with zero attached hydrogens (tertiary/aromatic N) is 1. The van der Waals surface area contributed by atoms with Crippen molar-refractivity contribution in [3.8, 4) is 0 Å². The van der Waals surface area contributed by atoms with Gasteiger partial charge in [0.25, 0.3) is 0 Å². The Morgan fingerprint density at radius 3 is 2.20 bits per heavy atom. The number of carboxylic acids is 1. The van der Waals surface area contributed by atoms with Crippen molar-refractivity contribution in [2.75, 3.05) is 20.6 Å². The van der Waals surface area contributed by atoms with E-state index >= 15 is 0 Å². The SMILES string of the molecule is CC(C(=O)O)S(=O)(=O)NCC(=O)N(C)C. The van der Waals surface area contributed by atoms with E-state index in [1.807, 2.05) is 4.72 Å². The molecular weight excluding hydrogens is 224 g/mol. The maximum absolute atomic E-state index is 11.2. The van der Waals surface area contributed by atoms with Crippen LogP contribution in [0.5, 0.6) is 0 Å². The first kappa shape index (κ1) is 13.8. The minimum atomic E-state index is -3.99. The van der Waals surface area contributed by atoms with Gasteiger partial charge in [-0.05, 0) is 6.92 Å². The van der Waals surface area contributed by atoms with Gasteiger partial charge in [-0.3, -0.25) is 9.59 Å². The van der Waals surface area contributed by atoms with Crippen molar-refractivity contribution >= 4 is 21.9 Å². The third-order valence-electron chi connectivity index (χ3n) is 1.74. The average Bonchev–Trinajstić information content (AvgIpc) is 2.12. The second-order valence-corrected chi connectivity index (χ2v) is 5.22. The molecular formula is C7H14N2O5S. The number of hydrogen-bond donors (Lipinski definition) is 2. The Hall–Kier alpha value is -1.15. The lowest BCUT2D eigenvalue weighted by Gasteiger charge is -2.12. The van der Waals surface area contributed by atoms with Crippen molar-refractivity contribution in [2.45, 2.75) is 12.2 Å². The van der Waals surface area contributed by atoms with Crippen molar-refractivity contribution in [2.24, 2.45) is 0 Å². The van der Waals surface area contributed by atoms with Gasteiger partial charge in [0.05, 0.1) is 6.54 Å². The highest BCUT2D eigenvalue weighted by atomic mass is 32.2. The molecule has 0 fully saturated rings. The molecule has 0 aromatic carbocycles. The average molecular weight is 238 g/mol. The number of rotatable bonds is 5. The number of nitrogens with one attached hydrogen (secondary N) is 1. The summed E-state index contributed by atoms with van der Waals surface area (Å²) in [6.07, 6.45) is 0. The molecule has 0 radical (unpaired) electrons. The Bertz CT molecular complexity index is 348. The second-order valence-electron chi connectivity index (χ2n) is 3.13. The van der Waals surface area contributed by atoms with E-state index in [2.05, 4.69) is 0 Å². The predicted molar refractivity (Wildman–Crippen MR) is 52.7 cm³/mol. The monoisotopic (exact) mass is 238 g/mol. The summed E-state index contributed by atoms with van der Waals surface area (Å²) >= 11 is 0. The van der Waals surface area contributed by atoms with E-state index in [0.29, 0.717) is 0 Å². The highest BCUT2D eigenvalue weighted by Crippen LogP contribution is 1.97. The molecule has 8 heteroatoms. The molecule has 88 valence electrons. The first-order valence-electron chi connectivity index (χ1n) is 4.10. The molecule has 0 rings (SSSR count). The number of likely N-dealkylation sites (N-methyl/N-ethyl adjacent to an activating group) is 1. The van der Waals surface area contributed by atoms with E-state index in [-0.39, 0.29) is 0 Å². The second kappa shape index (κ2) is 5.08. The number of aliphatic carboxylic acids is 1. The number of amides is 1. The molecule has 1 amide bonds. The quantitative estimate of drug-likeness (QED) is 0.604. The highest BCUT2D eigenvalue weighted by Gasteiger charge is 2.27. The van der Waals surface area contributed by atoms with Crippen LogP contribution in [0.2, 0.25) is 0 Å². The molecule has 0 heterocycles. The zero-order valence-corrected chi connectivity index (χ0v) is 9.54. The summed E-state index contributed by atoms with van der Waals surface area (Å²) in [6.45, 7) is 0.595. The summed E-state index contributed by atoms with van der Waals surface area (Å²) in [5.41, 5.74) is 0. The van der Waals surface area contributed by atoms with Crippen LogP contribution in [0.3, 0.4) is 0 Å². The lowest BCUT2D eigenvalue weighted by Crippen LogP contribution is -2.42. The van der Waals surface area contributed by atoms with Crippen molar-refractivity contribution in [1.29, 1.82) is 0 Å². The lowest BCUT2D eigenvalue weighted by molar-refractivity contribution is -0.136. The van der Waals surface area contributed by atoms with Crippen LogP contribution >= 0.6 is 0 Å². The smallest absolute Gasteiger partial charge is 0.323 e. The van der Waals surface area contributed by atoms with Crippen LogP contribution in [0.4, 0.5) is 0 Å². The van der Waals surface area contributed by atoms with Crippen LogP contribution in [0.1, 0.15) is 6.92 Å². The van der Waals surface area contributed by atoms with Gasteiger partial charge < -0.3 is 10.0 Å². The van der Waals surface area contributed by atoms with Crippen LogP contribution in [-0.4, -0.2) is 56.2 Å². The zero-order chi connectivity index (χ0) is 12.2. The molecule has 7 nitrogen and oxygen atoms in total. The molecule has 15 heavy (non-hydrogen) atoms. The van der Waals surface area contributed by atoms with E-state index in [1.165, 1.54) is 19.0 Å². The number of carbonyl (C=O) groups is 2. The summed E-state index contributed by atoms with van der Waals surface area (Å²) < 4.78 is 24.4. The number of sulfonamides is 1. The van der Waals surface area contributed by atoms with Gasteiger partial charge in [-0.15, -0.1) is 0 Å². The fourth-order valence-electron chi connectivity index (χ4n) is 0.578. The third kappa shape index (κ3) is 4.26. The third-order valence-corrected chi connectivity index (χ3v) is 3.42. The number of carbonyl (C=O) groups excluding carboxylic acids is 1. The standard InChI is InChI=1S/C7H14N2O5S/c1-5(7(11)12)15(13,14)8-4-6(10)9(2)3/h5,8H,4H2,1-3H3,(H,11,12). The van der Waals surface area contributed by atoms with Crippen LogP contribution in [0.15, 0.2) is 0 Å². The molecule has 0 aromatic heterocycles. The first-order chi connectivity index (χ1) is 6.68. The Labute approximate surface area is 88.1 Å². The molecule has 0 aliphatic rings. The van der Waals surface area contributed by atoms with Crippen molar-refractivity contribution in [3.05, 3.63) is 0 Å². The summed E-state index contributed by atoms with van der Waals surface area (Å²) in [5, 5.41) is 6.90. The molecule has 0 aromatic rings. The van der Waals surface area contributed by atoms with E-state index in [0.717, 1.165) is 6.92 Å². The van der Waals surface area contributed by atoms with Crippen molar-refractivity contribution in [3.63, 3.8) is 0 Å². The topological polar surface area (TPSA) is 104 Å². The van der Waals surface area contributed by atoms with Gasteiger partial charge >= 0.3 is 5.97 Å². The summed E-state index contributed by atoms with van der Waals surface area (Å²) in [7, 11) is -1.05. The molecule has 0 spiro atoms. The highest BCUT2D eigenvalue weighted by molar-refractivity contribution is 7.90. The van der Waals surface area contributed by atoms with E-state index in [9.17, 15) is 18.0 Å². The zero-order valence-electron chi connectivity index (χ0n) is 8.72. The van der Waals surface area contributed by atoms with Crippen molar-refractivity contribution < 1.29 is 23.1 Å². The molecule has 0 saturated heterocycles. The fraction of sp³-hybridized carbons (Fsp3) is 0.714. The first-order valence-corrected chi connectivity index (χ1v) is 5.64. The maximum atomic E-state index is 11.2. The van der Waals surface area contributed by atoms with Gasteiger partial charge in [0.15, 0.2) is 5.25 Å². The Morgan fingerprint density at radius 2 is 1.87 bits per heavy atom. The Balaban J connectivity index is 4.42. The molecule has 0 bridgehead atoms. The van der Waals surface area contributed by atoms with E-state index < -0.39 is 33.7 Å². The van der Waals surface area contributed by atoms with Gasteiger partial charge in [0.2, 0.25) is 15.9 Å². The lowest BCUT2D eigenvalue weighted by atomic mass is 10.5. The minimum Gasteiger partial charge on any atom is -0.480 e. The normalized spacial score (nSPS) is 13.3. The van der Waals surface area contributed by atoms with Crippen LogP contribution in [0.25, 0.3) is 0 Å². The number of carboxylic acid groups (broad SMARTS) is 1. The van der Waals surface area contributed by atoms with Crippen molar-refractivity contribution in [1.82, 2.24) is 9.62 Å². The van der Waals surface area contributed by atoms with Gasteiger partial charge in [0.1, 0.15) is 0 Å². The Morgan fingerprint density at radius 1 is 1.40 bits per heavy atom. The van der Waals surface area contributed by atoms with Crippen LogP contribution in [-0.2, 0) is 19.6 Å².